The lowest BCUT2D eigenvalue weighted by atomic mass is 9.41. The summed E-state index contributed by atoms with van der Waals surface area (Å²) in [6.07, 6.45) is 19.7. The molecule has 7 aliphatic rings. The first-order chi connectivity index (χ1) is 21.2. The van der Waals surface area contributed by atoms with Crippen LogP contribution in [-0.2, 0) is 14.3 Å². The maximum absolute atomic E-state index is 13.9. The first-order valence-corrected chi connectivity index (χ1v) is 18.8. The van der Waals surface area contributed by atoms with E-state index in [0.717, 1.165) is 63.1 Å². The Morgan fingerprint density at radius 3 is 2.59 bits per heavy atom. The average Bonchev–Trinajstić information content (AvgIpc) is 3.76. The zero-order valence-corrected chi connectivity index (χ0v) is 28.1. The number of fused-ring (bicyclic) bond motifs is 2. The molecule has 3 saturated heterocycles. The van der Waals surface area contributed by atoms with Crippen molar-refractivity contribution in [3.05, 3.63) is 11.6 Å². The number of carbonyl (C=O) groups excluding carboxylic acids is 1. The molecule has 4 aliphatic carbocycles. The third-order valence-electron chi connectivity index (χ3n) is 14.7. The van der Waals surface area contributed by atoms with Crippen LogP contribution in [0.4, 0.5) is 0 Å². The second kappa shape index (κ2) is 11.8. The van der Waals surface area contributed by atoms with Gasteiger partial charge >= 0.3 is 5.97 Å². The zero-order chi connectivity index (χ0) is 30.9. The number of aldehydes is 1. The van der Waals surface area contributed by atoms with Gasteiger partial charge in [-0.2, -0.15) is 0 Å². The van der Waals surface area contributed by atoms with Gasteiger partial charge in [0.05, 0.1) is 17.6 Å². The molecular weight excluding hydrogens is 548 g/mol. The van der Waals surface area contributed by atoms with E-state index in [9.17, 15) is 14.7 Å². The van der Waals surface area contributed by atoms with Gasteiger partial charge in [-0.3, -0.25) is 9.69 Å². The summed E-state index contributed by atoms with van der Waals surface area (Å²) in [7, 11) is 0. The highest BCUT2D eigenvalue weighted by atomic mass is 16.5. The van der Waals surface area contributed by atoms with Gasteiger partial charge in [0.15, 0.2) is 0 Å². The van der Waals surface area contributed by atoms with Gasteiger partial charge < -0.3 is 19.5 Å². The summed E-state index contributed by atoms with van der Waals surface area (Å²) in [5, 5.41) is 11.4. The molecule has 3 aliphatic heterocycles. The first-order valence-electron chi connectivity index (χ1n) is 18.8. The first kappa shape index (κ1) is 31.4. The molecule has 11 atom stereocenters. The van der Waals surface area contributed by atoms with E-state index >= 15 is 0 Å². The summed E-state index contributed by atoms with van der Waals surface area (Å²) in [5.41, 5.74) is -1.38. The quantitative estimate of drug-likeness (QED) is 0.213. The summed E-state index contributed by atoms with van der Waals surface area (Å²) in [4.78, 5) is 33.0. The molecule has 6 nitrogen and oxygen atoms in total. The number of carboxylic acids is 1. The Morgan fingerprint density at radius 1 is 1.09 bits per heavy atom. The SMILES string of the molecule is CCCCC1CC(N2CCCCC2)CCN1CC1CCC(C23C[C@@H]4[C@H](C)CC[C@H]4C4(C=O)CC2C=C(C(C)C)C34C(=O)O)O1. The van der Waals surface area contributed by atoms with Crippen LogP contribution in [0.3, 0.4) is 0 Å². The Kier molecular flexibility index (Phi) is 8.39. The Morgan fingerprint density at radius 2 is 1.89 bits per heavy atom. The summed E-state index contributed by atoms with van der Waals surface area (Å²) >= 11 is 0. The number of nitrogens with zero attached hydrogens (tertiary/aromatic N) is 2. The number of aliphatic carboxylic acids is 1. The fourth-order valence-corrected chi connectivity index (χ4v) is 13.0. The number of carbonyl (C=O) groups is 2. The number of piperidine rings is 2. The van der Waals surface area contributed by atoms with Crippen LogP contribution >= 0.6 is 0 Å². The minimum absolute atomic E-state index is 0.0864. The number of likely N-dealkylation sites (tertiary alicyclic amines) is 2. The molecule has 1 N–H and O–H groups in total. The topological polar surface area (TPSA) is 70.1 Å². The van der Waals surface area contributed by atoms with Gasteiger partial charge in [-0.25, -0.2) is 0 Å². The molecule has 8 unspecified atom stereocenters. The molecule has 7 rings (SSSR count). The lowest BCUT2D eigenvalue weighted by Crippen LogP contribution is -2.65. The van der Waals surface area contributed by atoms with Crippen molar-refractivity contribution in [2.24, 2.45) is 45.8 Å². The third-order valence-corrected chi connectivity index (χ3v) is 14.7. The van der Waals surface area contributed by atoms with Crippen LogP contribution in [-0.4, -0.2) is 77.6 Å². The van der Waals surface area contributed by atoms with Crippen LogP contribution in [0.5, 0.6) is 0 Å². The monoisotopic (exact) mass is 608 g/mol. The lowest BCUT2D eigenvalue weighted by Gasteiger charge is -2.60. The molecule has 246 valence electrons. The number of rotatable bonds is 10. The van der Waals surface area contributed by atoms with Gasteiger partial charge in [-0.05, 0) is 107 Å². The highest BCUT2D eigenvalue weighted by Crippen LogP contribution is 2.84. The van der Waals surface area contributed by atoms with Crippen LogP contribution in [0.25, 0.3) is 0 Å². The van der Waals surface area contributed by atoms with E-state index in [4.69, 9.17) is 4.74 Å². The van der Waals surface area contributed by atoms with Crippen LogP contribution in [0, 0.1) is 45.8 Å². The summed E-state index contributed by atoms with van der Waals surface area (Å²) in [6.45, 7) is 13.7. The largest absolute Gasteiger partial charge is 0.481 e. The van der Waals surface area contributed by atoms with Crippen molar-refractivity contribution in [2.45, 2.75) is 142 Å². The van der Waals surface area contributed by atoms with Crippen molar-refractivity contribution in [1.82, 2.24) is 9.80 Å². The summed E-state index contributed by atoms with van der Waals surface area (Å²) in [6, 6.07) is 1.35. The molecule has 44 heavy (non-hydrogen) atoms. The van der Waals surface area contributed by atoms with E-state index < -0.39 is 22.2 Å². The van der Waals surface area contributed by atoms with Gasteiger partial charge in [0.2, 0.25) is 0 Å². The van der Waals surface area contributed by atoms with E-state index in [-0.39, 0.29) is 30.0 Å². The van der Waals surface area contributed by atoms with Gasteiger partial charge in [0, 0.05) is 30.6 Å². The van der Waals surface area contributed by atoms with Crippen molar-refractivity contribution in [3.63, 3.8) is 0 Å². The molecule has 0 aromatic carbocycles. The molecule has 6 heteroatoms. The number of ether oxygens (including phenoxy) is 1. The van der Waals surface area contributed by atoms with Gasteiger partial charge in [0.25, 0.3) is 0 Å². The maximum Gasteiger partial charge on any atom is 0.315 e. The van der Waals surface area contributed by atoms with E-state index in [1.165, 1.54) is 64.5 Å². The molecule has 0 radical (unpaired) electrons. The fraction of sp³-hybridized carbons (Fsp3) is 0.895. The predicted molar refractivity (Wildman–Crippen MR) is 173 cm³/mol. The molecule has 0 amide bonds. The van der Waals surface area contributed by atoms with Crippen molar-refractivity contribution < 1.29 is 19.4 Å². The van der Waals surface area contributed by atoms with Gasteiger partial charge in [0.1, 0.15) is 11.7 Å². The van der Waals surface area contributed by atoms with Crippen LogP contribution < -0.4 is 0 Å². The van der Waals surface area contributed by atoms with Gasteiger partial charge in [-0.15, -0.1) is 0 Å². The average molecular weight is 609 g/mol. The van der Waals surface area contributed by atoms with Crippen LogP contribution in [0.15, 0.2) is 11.6 Å². The molecule has 4 bridgehead atoms. The van der Waals surface area contributed by atoms with Crippen LogP contribution in [0.1, 0.15) is 118 Å². The summed E-state index contributed by atoms with van der Waals surface area (Å²) < 4.78 is 7.21. The standard InChI is InChI=1S/C38H60N2O4/c1-5-6-10-28-20-29(39-16-8-7-9-17-39)15-18-40(28)23-30-12-14-34(44-30)37-22-31-26(4)11-13-32(31)36(24-41)21-27(37)19-33(25(2)3)38(36,37)35(42)43/h19,24-32,34H,5-18,20-23H2,1-4H3,(H,42,43)/t26-,27?,28?,29?,30?,31-,32-,34?,36?,37?,38?/m1/s1. The predicted octanol–water partition coefficient (Wildman–Crippen LogP) is 6.97. The Bertz CT molecular complexity index is 1130. The molecular formula is C38H60N2O4. The van der Waals surface area contributed by atoms with Crippen molar-refractivity contribution >= 4 is 12.3 Å². The number of hydrogen-bond acceptors (Lipinski definition) is 5. The van der Waals surface area contributed by atoms with Crippen molar-refractivity contribution in [1.29, 1.82) is 0 Å². The van der Waals surface area contributed by atoms with E-state index in [2.05, 4.69) is 43.6 Å². The molecule has 6 fully saturated rings. The number of allylic oxidation sites excluding steroid dienone is 1. The van der Waals surface area contributed by atoms with E-state index in [0.29, 0.717) is 24.3 Å². The van der Waals surface area contributed by atoms with Crippen molar-refractivity contribution in [3.8, 4) is 0 Å². The number of hydrogen-bond donors (Lipinski definition) is 1. The molecule has 0 aromatic heterocycles. The Balaban J connectivity index is 1.15. The highest BCUT2D eigenvalue weighted by molar-refractivity contribution is 5.90. The Hall–Kier alpha value is -1.24. The molecule has 3 saturated carbocycles. The van der Waals surface area contributed by atoms with Gasteiger partial charge in [-0.1, -0.05) is 65.0 Å². The van der Waals surface area contributed by atoms with Crippen molar-refractivity contribution in [2.75, 3.05) is 26.2 Å². The minimum atomic E-state index is -1.12. The van der Waals surface area contributed by atoms with E-state index in [1.54, 1.807) is 0 Å². The fourth-order valence-electron chi connectivity index (χ4n) is 13.0. The lowest BCUT2D eigenvalue weighted by molar-refractivity contribution is -0.197. The summed E-state index contributed by atoms with van der Waals surface area (Å²) in [5.74, 6) is 0.650. The third kappa shape index (κ3) is 4.28. The normalized spacial score (nSPS) is 47.2. The smallest absolute Gasteiger partial charge is 0.315 e. The molecule has 0 spiro atoms. The molecule has 0 aromatic rings. The Labute approximate surface area is 266 Å². The number of carboxylic acid groups (broad SMARTS) is 1. The van der Waals surface area contributed by atoms with E-state index in [1.807, 2.05) is 0 Å². The highest BCUT2D eigenvalue weighted by Gasteiger charge is 2.86. The zero-order valence-electron chi connectivity index (χ0n) is 28.1. The minimum Gasteiger partial charge on any atom is -0.481 e. The second-order valence-corrected chi connectivity index (χ2v) is 16.8. The maximum atomic E-state index is 13.9. The number of unbranched alkanes of at least 4 members (excludes halogenated alkanes) is 1. The van der Waals surface area contributed by atoms with Crippen LogP contribution in [0.2, 0.25) is 0 Å². The second-order valence-electron chi connectivity index (χ2n) is 16.8. The molecule has 3 heterocycles.